The Balaban J connectivity index is 2.07. The third-order valence-corrected chi connectivity index (χ3v) is 2.89. The number of pyridine rings is 1. The third-order valence-electron chi connectivity index (χ3n) is 2.89. The maximum atomic E-state index is 12.0. The summed E-state index contributed by atoms with van der Waals surface area (Å²) in [6.45, 7) is 0. The quantitative estimate of drug-likeness (QED) is 0.489. The van der Waals surface area contributed by atoms with Crippen LogP contribution in [-0.2, 0) is 4.79 Å². The molecule has 1 amide bonds. The molecule has 1 aromatic carbocycles. The fourth-order valence-corrected chi connectivity index (χ4v) is 1.99. The molecule has 0 atom stereocenters. The second kappa shape index (κ2) is 4.18. The van der Waals surface area contributed by atoms with Gasteiger partial charge in [0.15, 0.2) is 0 Å². The number of nitrogens with two attached hydrogens (primary N) is 1. The molecule has 2 heterocycles. The number of anilines is 2. The summed E-state index contributed by atoms with van der Waals surface area (Å²) in [7, 11) is 0. The number of rotatable bonds is 2. The molecule has 0 radical (unpaired) electrons. The molecule has 0 saturated carbocycles. The zero-order chi connectivity index (χ0) is 13.4. The van der Waals surface area contributed by atoms with Crippen LogP contribution < -0.4 is 16.0 Å². The molecule has 0 spiro atoms. The van der Waals surface area contributed by atoms with Crippen molar-refractivity contribution < 1.29 is 9.59 Å². The lowest BCUT2D eigenvalue weighted by atomic mass is 10.1. The molecule has 1 aliphatic heterocycles. The van der Waals surface area contributed by atoms with E-state index >= 15 is 0 Å². The number of carbonyl (C=O) groups is 2. The maximum absolute atomic E-state index is 12.0. The first kappa shape index (κ1) is 11.4. The fraction of sp³-hybridized carbons (Fsp3) is 0. The van der Waals surface area contributed by atoms with Gasteiger partial charge in [0.2, 0.25) is 0 Å². The van der Waals surface area contributed by atoms with Crippen LogP contribution in [0.4, 0.5) is 11.4 Å². The maximum Gasteiger partial charge on any atom is 0.319 e. The lowest BCUT2D eigenvalue weighted by molar-refractivity contribution is -0.114. The zero-order valence-electron chi connectivity index (χ0n) is 9.85. The number of carbonyl (C=O) groups excluding carboxylic acids is 2. The molecular weight excluding hydrogens is 244 g/mol. The highest BCUT2D eigenvalue weighted by molar-refractivity contribution is 6.52. The molecule has 94 valence electrons. The van der Waals surface area contributed by atoms with Gasteiger partial charge in [-0.25, -0.2) is 11.0 Å². The summed E-state index contributed by atoms with van der Waals surface area (Å²) in [5.74, 6) is 4.68. The second-order valence-corrected chi connectivity index (χ2v) is 4.02. The van der Waals surface area contributed by atoms with Crippen LogP contribution >= 0.6 is 0 Å². The largest absolute Gasteiger partial charge is 0.319 e. The van der Waals surface area contributed by atoms with Crippen LogP contribution in [0.3, 0.4) is 0 Å². The summed E-state index contributed by atoms with van der Waals surface area (Å²) in [4.78, 5) is 27.8. The number of hydrogen-bond acceptors (Lipinski definition) is 5. The minimum Gasteiger partial charge on any atom is -0.283 e. The van der Waals surface area contributed by atoms with Crippen molar-refractivity contribution in [2.24, 2.45) is 5.84 Å². The molecule has 0 aliphatic carbocycles. The van der Waals surface area contributed by atoms with E-state index in [1.807, 2.05) is 0 Å². The molecule has 3 rings (SSSR count). The molecule has 6 nitrogen and oxygen atoms in total. The number of hydrazine groups is 2. The van der Waals surface area contributed by atoms with E-state index in [4.69, 9.17) is 5.84 Å². The van der Waals surface area contributed by atoms with Gasteiger partial charge in [-0.05, 0) is 24.3 Å². The SMILES string of the molecule is NN(c1cccnc1)N1C(=O)C(=O)c2ccccc21. The van der Waals surface area contributed by atoms with Crippen molar-refractivity contribution in [1.82, 2.24) is 4.98 Å². The Bertz CT molecular complexity index is 657. The molecule has 6 heteroatoms. The first-order chi connectivity index (χ1) is 9.20. The van der Waals surface area contributed by atoms with Crippen molar-refractivity contribution in [2.45, 2.75) is 0 Å². The standard InChI is InChI=1S/C13H10N4O2/c14-17(9-4-3-7-15-8-9)16-11-6-2-1-5-10(11)12(18)13(16)19/h1-8H,14H2. The summed E-state index contributed by atoms with van der Waals surface area (Å²) in [6, 6.07) is 10.1. The number of amides is 1. The average Bonchev–Trinajstić information content (AvgIpc) is 2.72. The van der Waals surface area contributed by atoms with Gasteiger partial charge < -0.3 is 0 Å². The summed E-state index contributed by atoms with van der Waals surface area (Å²) in [6.07, 6.45) is 3.11. The highest BCUT2D eigenvalue weighted by Gasteiger charge is 2.38. The van der Waals surface area contributed by atoms with Crippen molar-refractivity contribution in [3.8, 4) is 0 Å². The Morgan fingerprint density at radius 1 is 1.11 bits per heavy atom. The van der Waals surface area contributed by atoms with E-state index in [9.17, 15) is 9.59 Å². The van der Waals surface area contributed by atoms with Crippen molar-refractivity contribution in [1.29, 1.82) is 0 Å². The molecule has 0 fully saturated rings. The van der Waals surface area contributed by atoms with E-state index in [2.05, 4.69) is 4.98 Å². The monoisotopic (exact) mass is 254 g/mol. The molecule has 2 N–H and O–H groups in total. The number of hydrogen-bond donors (Lipinski definition) is 1. The molecule has 1 aliphatic rings. The van der Waals surface area contributed by atoms with Gasteiger partial charge in [-0.15, -0.1) is 0 Å². The minimum absolute atomic E-state index is 0.354. The van der Waals surface area contributed by atoms with Gasteiger partial charge >= 0.3 is 5.91 Å². The Morgan fingerprint density at radius 3 is 2.63 bits per heavy atom. The van der Waals surface area contributed by atoms with Gasteiger partial charge in [-0.2, -0.15) is 5.01 Å². The molecule has 0 saturated heterocycles. The Morgan fingerprint density at radius 2 is 1.89 bits per heavy atom. The summed E-state index contributed by atoms with van der Waals surface area (Å²) in [5.41, 5.74) is 1.34. The van der Waals surface area contributed by atoms with Crippen molar-refractivity contribution in [3.05, 3.63) is 54.4 Å². The van der Waals surface area contributed by atoms with Crippen LogP contribution in [0.15, 0.2) is 48.8 Å². The normalized spacial score (nSPS) is 13.6. The molecular formula is C13H10N4O2. The Hall–Kier alpha value is -2.73. The van der Waals surface area contributed by atoms with Crippen LogP contribution in [0.25, 0.3) is 0 Å². The highest BCUT2D eigenvalue weighted by atomic mass is 16.2. The van der Waals surface area contributed by atoms with Gasteiger partial charge in [0.1, 0.15) is 0 Å². The number of benzene rings is 1. The van der Waals surface area contributed by atoms with Crippen LogP contribution in [0.5, 0.6) is 0 Å². The number of Topliss-reactive ketones (excluding diaryl/α,β-unsaturated/α-hetero) is 1. The van der Waals surface area contributed by atoms with Crippen LogP contribution in [0, 0.1) is 0 Å². The summed E-state index contributed by atoms with van der Waals surface area (Å²) < 4.78 is 0. The van der Waals surface area contributed by atoms with E-state index in [1.54, 1.807) is 42.6 Å². The van der Waals surface area contributed by atoms with E-state index < -0.39 is 11.7 Å². The summed E-state index contributed by atoms with van der Waals surface area (Å²) >= 11 is 0. The topological polar surface area (TPSA) is 79.5 Å². The van der Waals surface area contributed by atoms with Crippen LogP contribution in [0.1, 0.15) is 10.4 Å². The van der Waals surface area contributed by atoms with E-state index in [1.165, 1.54) is 6.20 Å². The second-order valence-electron chi connectivity index (χ2n) is 4.02. The predicted octanol–water partition coefficient (Wildman–Crippen LogP) is 0.906. The average molecular weight is 254 g/mol. The van der Waals surface area contributed by atoms with Crippen molar-refractivity contribution in [2.75, 3.05) is 10.1 Å². The van der Waals surface area contributed by atoms with Crippen LogP contribution in [-0.4, -0.2) is 16.7 Å². The van der Waals surface area contributed by atoms with E-state index in [0.717, 1.165) is 10.1 Å². The Labute approximate surface area is 109 Å². The third kappa shape index (κ3) is 1.66. The van der Waals surface area contributed by atoms with Gasteiger partial charge in [-0.3, -0.25) is 14.6 Å². The molecule has 1 aromatic heterocycles. The van der Waals surface area contributed by atoms with E-state index in [-0.39, 0.29) is 0 Å². The van der Waals surface area contributed by atoms with Crippen LogP contribution in [0.2, 0.25) is 0 Å². The van der Waals surface area contributed by atoms with Gasteiger partial charge in [0, 0.05) is 6.20 Å². The van der Waals surface area contributed by atoms with Gasteiger partial charge in [-0.1, -0.05) is 12.1 Å². The Kier molecular flexibility index (Phi) is 2.50. The number of nitrogens with zero attached hydrogens (tertiary/aromatic N) is 3. The highest BCUT2D eigenvalue weighted by Crippen LogP contribution is 2.30. The van der Waals surface area contributed by atoms with Gasteiger partial charge in [0.05, 0.1) is 23.1 Å². The number of para-hydroxylation sites is 1. The lowest BCUT2D eigenvalue weighted by Gasteiger charge is -2.28. The predicted molar refractivity (Wildman–Crippen MR) is 69.2 cm³/mol. The van der Waals surface area contributed by atoms with Gasteiger partial charge in [0.25, 0.3) is 5.78 Å². The summed E-state index contributed by atoms with van der Waals surface area (Å²) in [5, 5.41) is 2.27. The smallest absolute Gasteiger partial charge is 0.283 e. The van der Waals surface area contributed by atoms with E-state index in [0.29, 0.717) is 16.9 Å². The van der Waals surface area contributed by atoms with Crippen molar-refractivity contribution >= 4 is 23.1 Å². The fourth-order valence-electron chi connectivity index (χ4n) is 1.99. The number of fused-ring (bicyclic) bond motifs is 1. The molecule has 19 heavy (non-hydrogen) atoms. The zero-order valence-corrected chi connectivity index (χ0v) is 9.85. The number of ketones is 1. The first-order valence-corrected chi connectivity index (χ1v) is 5.63. The minimum atomic E-state index is -0.674. The molecule has 2 aromatic rings. The molecule has 0 unspecified atom stereocenters. The molecule has 0 bridgehead atoms. The first-order valence-electron chi connectivity index (χ1n) is 5.63. The van der Waals surface area contributed by atoms with Crippen molar-refractivity contribution in [3.63, 3.8) is 0 Å². The lowest BCUT2D eigenvalue weighted by Crippen LogP contribution is -2.50. The number of aromatic nitrogens is 1.